The van der Waals surface area contributed by atoms with Gasteiger partial charge in [-0.05, 0) is 57.0 Å². The standard InChI is InChI=1S/C25H27FN8O/c1-14-6-7-17(24(27)35)22(16-8-9-29-18(11-16)25(3,4)26)23(14)32-21-10-15(2)33-34(21)20-12-19(28-5)30-13-31-20/h6-13,32H,1-5H3,(H2,27,35)(H,28,30,31). The molecule has 3 aromatic heterocycles. The average Bonchev–Trinajstić information content (AvgIpc) is 3.19. The summed E-state index contributed by atoms with van der Waals surface area (Å²) in [5, 5.41) is 11.0. The van der Waals surface area contributed by atoms with Crippen LogP contribution in [0.3, 0.4) is 0 Å². The molecular formula is C25H27FN8O. The Balaban J connectivity index is 1.91. The number of rotatable bonds is 7. The number of pyridine rings is 1. The van der Waals surface area contributed by atoms with Crippen LogP contribution in [-0.2, 0) is 5.67 Å². The molecule has 3 heterocycles. The molecule has 0 bridgehead atoms. The maximum Gasteiger partial charge on any atom is 0.249 e. The van der Waals surface area contributed by atoms with Crippen molar-refractivity contribution in [3.8, 4) is 16.9 Å². The van der Waals surface area contributed by atoms with Gasteiger partial charge in [0.15, 0.2) is 5.82 Å². The van der Waals surface area contributed by atoms with Crippen LogP contribution >= 0.6 is 0 Å². The van der Waals surface area contributed by atoms with Crippen molar-refractivity contribution in [3.05, 3.63) is 71.4 Å². The van der Waals surface area contributed by atoms with Crippen LogP contribution in [0.1, 0.15) is 41.2 Å². The molecule has 4 N–H and O–H groups in total. The SMILES string of the molecule is CNc1cc(-n2nc(C)cc2Nc2c(C)ccc(C(N)=O)c2-c2ccnc(C(C)(C)F)c2)ncn1. The first-order valence-electron chi connectivity index (χ1n) is 11.0. The van der Waals surface area contributed by atoms with Crippen LogP contribution < -0.4 is 16.4 Å². The highest BCUT2D eigenvalue weighted by atomic mass is 19.1. The van der Waals surface area contributed by atoms with Gasteiger partial charge in [-0.3, -0.25) is 9.78 Å². The summed E-state index contributed by atoms with van der Waals surface area (Å²) in [6, 6.07) is 10.5. The number of alkyl halides is 1. The minimum absolute atomic E-state index is 0.249. The molecule has 10 heteroatoms. The highest BCUT2D eigenvalue weighted by molar-refractivity contribution is 6.04. The van der Waals surface area contributed by atoms with E-state index in [0.717, 1.165) is 11.3 Å². The van der Waals surface area contributed by atoms with Crippen molar-refractivity contribution in [2.24, 2.45) is 5.73 Å². The Morgan fingerprint density at radius 2 is 1.86 bits per heavy atom. The second-order valence-electron chi connectivity index (χ2n) is 8.67. The van der Waals surface area contributed by atoms with Gasteiger partial charge in [0.2, 0.25) is 5.91 Å². The van der Waals surface area contributed by atoms with Crippen molar-refractivity contribution in [2.45, 2.75) is 33.4 Å². The molecule has 0 saturated heterocycles. The fourth-order valence-electron chi connectivity index (χ4n) is 3.78. The molecule has 35 heavy (non-hydrogen) atoms. The van der Waals surface area contributed by atoms with Gasteiger partial charge in [0.25, 0.3) is 0 Å². The van der Waals surface area contributed by atoms with E-state index in [4.69, 9.17) is 5.73 Å². The van der Waals surface area contributed by atoms with E-state index in [2.05, 4.69) is 30.7 Å². The number of nitrogens with two attached hydrogens (primary N) is 1. The smallest absolute Gasteiger partial charge is 0.249 e. The number of hydrogen-bond acceptors (Lipinski definition) is 7. The number of amides is 1. The highest BCUT2D eigenvalue weighted by Gasteiger charge is 2.24. The summed E-state index contributed by atoms with van der Waals surface area (Å²) in [5.41, 5.74) is 8.05. The van der Waals surface area contributed by atoms with Crippen molar-refractivity contribution in [3.63, 3.8) is 0 Å². The number of halogens is 1. The van der Waals surface area contributed by atoms with Crippen LogP contribution in [0.25, 0.3) is 16.9 Å². The van der Waals surface area contributed by atoms with E-state index < -0.39 is 11.6 Å². The Morgan fingerprint density at radius 1 is 1.09 bits per heavy atom. The molecule has 180 valence electrons. The maximum absolute atomic E-state index is 14.7. The largest absolute Gasteiger partial charge is 0.373 e. The molecule has 4 aromatic rings. The number of aryl methyl sites for hydroxylation is 2. The van der Waals surface area contributed by atoms with E-state index in [1.807, 2.05) is 26.0 Å². The van der Waals surface area contributed by atoms with Crippen molar-refractivity contribution in [2.75, 3.05) is 17.7 Å². The van der Waals surface area contributed by atoms with Crippen molar-refractivity contribution >= 4 is 23.2 Å². The zero-order valence-corrected chi connectivity index (χ0v) is 20.2. The van der Waals surface area contributed by atoms with Gasteiger partial charge in [0.1, 0.15) is 23.6 Å². The van der Waals surface area contributed by atoms with Gasteiger partial charge in [-0.15, -0.1) is 0 Å². The molecule has 0 fully saturated rings. The van der Waals surface area contributed by atoms with Crippen LogP contribution in [0.15, 0.2) is 48.9 Å². The maximum atomic E-state index is 14.7. The lowest BCUT2D eigenvalue weighted by Gasteiger charge is -2.20. The Bertz CT molecular complexity index is 1410. The molecule has 0 unspecified atom stereocenters. The topological polar surface area (TPSA) is 124 Å². The fraction of sp³-hybridized carbons (Fsp3) is 0.240. The fourth-order valence-corrected chi connectivity index (χ4v) is 3.78. The molecule has 1 aromatic carbocycles. The summed E-state index contributed by atoms with van der Waals surface area (Å²) < 4.78 is 16.4. The number of nitrogens with one attached hydrogen (secondary N) is 2. The molecule has 0 aliphatic carbocycles. The molecule has 0 spiro atoms. The predicted octanol–water partition coefficient (Wildman–Crippen LogP) is 4.43. The average molecular weight is 475 g/mol. The van der Waals surface area contributed by atoms with Crippen LogP contribution in [0.2, 0.25) is 0 Å². The lowest BCUT2D eigenvalue weighted by molar-refractivity contribution is 0.100. The van der Waals surface area contributed by atoms with Gasteiger partial charge in [-0.2, -0.15) is 9.78 Å². The van der Waals surface area contributed by atoms with Crippen LogP contribution in [-0.4, -0.2) is 37.7 Å². The molecule has 1 amide bonds. The van der Waals surface area contributed by atoms with Crippen LogP contribution in [0, 0.1) is 13.8 Å². The Hall–Kier alpha value is -4.34. The number of aromatic nitrogens is 5. The number of primary amides is 1. The van der Waals surface area contributed by atoms with Crippen LogP contribution in [0.4, 0.5) is 21.7 Å². The van der Waals surface area contributed by atoms with E-state index in [9.17, 15) is 9.18 Å². The van der Waals surface area contributed by atoms with Crippen molar-refractivity contribution in [1.29, 1.82) is 0 Å². The molecule has 9 nitrogen and oxygen atoms in total. The van der Waals surface area contributed by atoms with E-state index >= 15 is 0 Å². The summed E-state index contributed by atoms with van der Waals surface area (Å²) in [5.74, 6) is 1.21. The van der Waals surface area contributed by atoms with E-state index in [-0.39, 0.29) is 5.69 Å². The summed E-state index contributed by atoms with van der Waals surface area (Å²) in [4.78, 5) is 25.1. The highest BCUT2D eigenvalue weighted by Crippen LogP contribution is 2.38. The van der Waals surface area contributed by atoms with Gasteiger partial charge < -0.3 is 16.4 Å². The van der Waals surface area contributed by atoms with Crippen molar-refractivity contribution < 1.29 is 9.18 Å². The molecule has 0 radical (unpaired) electrons. The van der Waals surface area contributed by atoms with Gasteiger partial charge in [-0.25, -0.2) is 14.4 Å². The second kappa shape index (κ2) is 9.13. The minimum Gasteiger partial charge on any atom is -0.373 e. The lowest BCUT2D eigenvalue weighted by Crippen LogP contribution is -2.15. The summed E-state index contributed by atoms with van der Waals surface area (Å²) in [6.45, 7) is 6.65. The Labute approximate surface area is 202 Å². The first kappa shape index (κ1) is 23.8. The van der Waals surface area contributed by atoms with E-state index in [1.165, 1.54) is 26.4 Å². The minimum atomic E-state index is -1.66. The third-order valence-electron chi connectivity index (χ3n) is 5.55. The summed E-state index contributed by atoms with van der Waals surface area (Å²) in [6.07, 6.45) is 2.97. The number of nitrogens with zero attached hydrogens (tertiary/aromatic N) is 5. The van der Waals surface area contributed by atoms with Gasteiger partial charge in [-0.1, -0.05) is 6.07 Å². The molecule has 0 atom stereocenters. The van der Waals surface area contributed by atoms with Crippen LogP contribution in [0.5, 0.6) is 0 Å². The Morgan fingerprint density at radius 3 is 2.54 bits per heavy atom. The summed E-state index contributed by atoms with van der Waals surface area (Å²) in [7, 11) is 1.77. The van der Waals surface area contributed by atoms with Gasteiger partial charge in [0, 0.05) is 36.5 Å². The van der Waals surface area contributed by atoms with Crippen molar-refractivity contribution in [1.82, 2.24) is 24.7 Å². The molecular weight excluding hydrogens is 447 g/mol. The normalized spacial score (nSPS) is 11.4. The zero-order valence-electron chi connectivity index (χ0n) is 20.2. The third-order valence-corrected chi connectivity index (χ3v) is 5.55. The molecule has 4 rings (SSSR count). The monoisotopic (exact) mass is 474 g/mol. The number of benzene rings is 1. The van der Waals surface area contributed by atoms with E-state index in [1.54, 1.807) is 36.0 Å². The first-order chi connectivity index (χ1) is 16.6. The van der Waals surface area contributed by atoms with E-state index in [0.29, 0.717) is 39.8 Å². The number of carbonyl (C=O) groups excluding carboxylic acids is 1. The number of anilines is 3. The van der Waals surface area contributed by atoms with Gasteiger partial charge >= 0.3 is 0 Å². The molecule has 0 saturated carbocycles. The lowest BCUT2D eigenvalue weighted by atomic mass is 9.93. The first-order valence-corrected chi connectivity index (χ1v) is 11.0. The zero-order chi connectivity index (χ0) is 25.3. The third kappa shape index (κ3) is 4.81. The predicted molar refractivity (Wildman–Crippen MR) is 134 cm³/mol. The Kier molecular flexibility index (Phi) is 6.21. The number of carbonyl (C=O) groups is 1. The molecule has 0 aliphatic rings. The second-order valence-corrected chi connectivity index (χ2v) is 8.67. The molecule has 0 aliphatic heterocycles. The number of hydrogen-bond donors (Lipinski definition) is 3. The quantitative estimate of drug-likeness (QED) is 0.362. The van der Waals surface area contributed by atoms with Gasteiger partial charge in [0.05, 0.1) is 17.1 Å². The summed E-state index contributed by atoms with van der Waals surface area (Å²) >= 11 is 0.